The molecule has 0 bridgehead atoms. The highest BCUT2D eigenvalue weighted by Gasteiger charge is 2.35. The summed E-state index contributed by atoms with van der Waals surface area (Å²) in [7, 11) is 0. The van der Waals surface area contributed by atoms with E-state index in [9.17, 15) is 4.79 Å². The second-order valence-electron chi connectivity index (χ2n) is 7.35. The predicted molar refractivity (Wildman–Crippen MR) is 94.9 cm³/mol. The zero-order valence-electron chi connectivity index (χ0n) is 14.9. The molecular formula is C19H25N5O. The van der Waals surface area contributed by atoms with Crippen molar-refractivity contribution in [2.45, 2.75) is 57.8 Å². The number of rotatable bonds is 5. The summed E-state index contributed by atoms with van der Waals surface area (Å²) in [6, 6.07) is 9.84. The molecule has 2 aromatic rings. The van der Waals surface area contributed by atoms with Crippen molar-refractivity contribution in [3.05, 3.63) is 47.5 Å². The first-order chi connectivity index (χ1) is 12.1. The Morgan fingerprint density at radius 1 is 1.16 bits per heavy atom. The molecular weight excluding hydrogens is 314 g/mol. The summed E-state index contributed by atoms with van der Waals surface area (Å²) in [5, 5.41) is 11.9. The lowest BCUT2D eigenvalue weighted by molar-refractivity contribution is -0.127. The fraction of sp³-hybridized carbons (Fsp3) is 0.526. The molecule has 2 heterocycles. The van der Waals surface area contributed by atoms with Crippen LogP contribution in [0, 0.1) is 0 Å². The lowest BCUT2D eigenvalue weighted by Gasteiger charge is -2.34. The van der Waals surface area contributed by atoms with Crippen molar-refractivity contribution in [2.75, 3.05) is 6.54 Å². The highest BCUT2D eigenvalue weighted by atomic mass is 16.2. The Kier molecular flexibility index (Phi) is 4.29. The van der Waals surface area contributed by atoms with Gasteiger partial charge in [0.05, 0.1) is 6.54 Å². The number of nitrogens with one attached hydrogen (secondary N) is 1. The predicted octanol–water partition coefficient (Wildman–Crippen LogP) is 2.24. The van der Waals surface area contributed by atoms with Crippen molar-refractivity contribution in [2.24, 2.45) is 0 Å². The number of aromatic nitrogens is 3. The number of nitrogens with zero attached hydrogens (tertiary/aromatic N) is 4. The molecule has 132 valence electrons. The molecule has 1 aliphatic heterocycles. The van der Waals surface area contributed by atoms with Gasteiger partial charge in [-0.3, -0.25) is 9.69 Å². The number of carbonyl (C=O) groups excluding carboxylic acids is 1. The van der Waals surface area contributed by atoms with Crippen molar-refractivity contribution in [1.82, 2.24) is 25.0 Å². The van der Waals surface area contributed by atoms with Crippen LogP contribution in [-0.2, 0) is 17.9 Å². The van der Waals surface area contributed by atoms with Crippen molar-refractivity contribution < 1.29 is 4.79 Å². The average Bonchev–Trinajstić information content (AvgIpc) is 3.35. The molecule has 6 nitrogen and oxygen atoms in total. The molecule has 0 saturated heterocycles. The zero-order valence-corrected chi connectivity index (χ0v) is 14.9. The van der Waals surface area contributed by atoms with E-state index in [-0.39, 0.29) is 18.0 Å². The van der Waals surface area contributed by atoms with E-state index in [4.69, 9.17) is 0 Å². The van der Waals surface area contributed by atoms with Crippen LogP contribution in [0.4, 0.5) is 0 Å². The standard InChI is InChI=1S/C19H25N5O/c1-13(2)20-19(25)17(14-6-4-3-5-7-14)23-10-11-24-16(12-23)21-22-18(24)15-8-9-15/h3-7,13,15,17H,8-12H2,1-2H3,(H,20,25)/t17-/m0/s1. The summed E-state index contributed by atoms with van der Waals surface area (Å²) < 4.78 is 2.26. The first kappa shape index (κ1) is 16.3. The monoisotopic (exact) mass is 339 g/mol. The Hall–Kier alpha value is -2.21. The Labute approximate surface area is 148 Å². The third-order valence-electron chi connectivity index (χ3n) is 4.91. The molecule has 1 aromatic carbocycles. The Morgan fingerprint density at radius 2 is 1.92 bits per heavy atom. The van der Waals surface area contributed by atoms with Crippen molar-refractivity contribution >= 4 is 5.91 Å². The summed E-state index contributed by atoms with van der Waals surface area (Å²) >= 11 is 0. The van der Waals surface area contributed by atoms with Crippen LogP contribution in [0.15, 0.2) is 30.3 Å². The van der Waals surface area contributed by atoms with Crippen LogP contribution in [0.2, 0.25) is 0 Å². The highest BCUT2D eigenvalue weighted by molar-refractivity contribution is 5.83. The second kappa shape index (κ2) is 6.59. The van der Waals surface area contributed by atoms with E-state index in [0.717, 1.165) is 30.3 Å². The van der Waals surface area contributed by atoms with Crippen molar-refractivity contribution in [3.63, 3.8) is 0 Å². The molecule has 1 fully saturated rings. The number of benzene rings is 1. The third kappa shape index (κ3) is 3.31. The third-order valence-corrected chi connectivity index (χ3v) is 4.91. The number of amides is 1. The van der Waals surface area contributed by atoms with E-state index in [1.807, 2.05) is 44.2 Å². The zero-order chi connectivity index (χ0) is 17.4. The molecule has 6 heteroatoms. The molecule has 0 radical (unpaired) electrons. The van der Waals surface area contributed by atoms with Crippen LogP contribution in [0.25, 0.3) is 0 Å². The lowest BCUT2D eigenvalue weighted by atomic mass is 10.0. The minimum Gasteiger partial charge on any atom is -0.352 e. The molecule has 2 aliphatic rings. The Balaban J connectivity index is 1.60. The molecule has 1 saturated carbocycles. The summed E-state index contributed by atoms with van der Waals surface area (Å²) in [6.07, 6.45) is 2.45. The summed E-state index contributed by atoms with van der Waals surface area (Å²) in [5.74, 6) is 2.77. The molecule has 25 heavy (non-hydrogen) atoms. The quantitative estimate of drug-likeness (QED) is 0.907. The van der Waals surface area contributed by atoms with Gasteiger partial charge in [-0.2, -0.15) is 0 Å². The first-order valence-corrected chi connectivity index (χ1v) is 9.15. The topological polar surface area (TPSA) is 63.1 Å². The Bertz CT molecular complexity index is 750. The molecule has 0 unspecified atom stereocenters. The van der Waals surface area contributed by atoms with Gasteiger partial charge in [0.1, 0.15) is 17.7 Å². The van der Waals surface area contributed by atoms with E-state index in [1.165, 1.54) is 12.8 Å². The van der Waals surface area contributed by atoms with E-state index in [2.05, 4.69) is 25.0 Å². The maximum absolute atomic E-state index is 12.9. The molecule has 1 amide bonds. The van der Waals surface area contributed by atoms with Crippen LogP contribution in [0.5, 0.6) is 0 Å². The smallest absolute Gasteiger partial charge is 0.242 e. The highest BCUT2D eigenvalue weighted by Crippen LogP contribution is 2.40. The van der Waals surface area contributed by atoms with Gasteiger partial charge >= 0.3 is 0 Å². The minimum atomic E-state index is -0.293. The van der Waals surface area contributed by atoms with E-state index in [0.29, 0.717) is 12.5 Å². The largest absolute Gasteiger partial charge is 0.352 e. The lowest BCUT2D eigenvalue weighted by Crippen LogP contribution is -2.45. The van der Waals surface area contributed by atoms with Gasteiger partial charge in [0, 0.05) is 25.0 Å². The maximum Gasteiger partial charge on any atom is 0.242 e. The molecule has 4 rings (SSSR count). The van der Waals surface area contributed by atoms with Crippen LogP contribution >= 0.6 is 0 Å². The normalized spacial score (nSPS) is 18.8. The minimum absolute atomic E-state index is 0.0524. The summed E-state index contributed by atoms with van der Waals surface area (Å²) in [4.78, 5) is 15.1. The van der Waals surface area contributed by atoms with Crippen molar-refractivity contribution in [1.29, 1.82) is 0 Å². The number of hydrogen-bond acceptors (Lipinski definition) is 4. The SMILES string of the molecule is CC(C)NC(=O)[C@H](c1ccccc1)N1CCn2c(nnc2C2CC2)C1. The number of fused-ring (bicyclic) bond motifs is 1. The maximum atomic E-state index is 12.9. The van der Waals surface area contributed by atoms with Gasteiger partial charge in [-0.25, -0.2) is 0 Å². The first-order valence-electron chi connectivity index (χ1n) is 9.15. The van der Waals surface area contributed by atoms with Gasteiger partial charge in [0.15, 0.2) is 0 Å². The molecule has 1 atom stereocenters. The fourth-order valence-corrected chi connectivity index (χ4v) is 3.59. The molecule has 1 aromatic heterocycles. The molecule has 1 aliphatic carbocycles. The fourth-order valence-electron chi connectivity index (χ4n) is 3.59. The van der Waals surface area contributed by atoms with Gasteiger partial charge in [0.25, 0.3) is 0 Å². The summed E-state index contributed by atoms with van der Waals surface area (Å²) in [6.45, 7) is 6.33. The van der Waals surface area contributed by atoms with Gasteiger partial charge in [-0.15, -0.1) is 10.2 Å². The number of hydrogen-bond donors (Lipinski definition) is 1. The summed E-state index contributed by atoms with van der Waals surface area (Å²) in [5.41, 5.74) is 1.02. The van der Waals surface area contributed by atoms with Gasteiger partial charge in [-0.1, -0.05) is 30.3 Å². The van der Waals surface area contributed by atoms with Crippen LogP contribution in [0.3, 0.4) is 0 Å². The van der Waals surface area contributed by atoms with Gasteiger partial charge < -0.3 is 9.88 Å². The second-order valence-corrected chi connectivity index (χ2v) is 7.35. The van der Waals surface area contributed by atoms with Crippen molar-refractivity contribution in [3.8, 4) is 0 Å². The van der Waals surface area contributed by atoms with Crippen LogP contribution in [0.1, 0.15) is 55.9 Å². The van der Waals surface area contributed by atoms with Gasteiger partial charge in [-0.05, 0) is 32.3 Å². The Morgan fingerprint density at radius 3 is 2.60 bits per heavy atom. The van der Waals surface area contributed by atoms with E-state index >= 15 is 0 Å². The average molecular weight is 339 g/mol. The molecule has 1 N–H and O–H groups in total. The number of carbonyl (C=O) groups is 1. The van der Waals surface area contributed by atoms with E-state index in [1.54, 1.807) is 0 Å². The molecule has 0 spiro atoms. The van der Waals surface area contributed by atoms with Crippen LogP contribution in [-0.4, -0.2) is 38.2 Å². The van der Waals surface area contributed by atoms with Gasteiger partial charge in [0.2, 0.25) is 5.91 Å². The van der Waals surface area contributed by atoms with Crippen LogP contribution < -0.4 is 5.32 Å². The van der Waals surface area contributed by atoms with E-state index < -0.39 is 0 Å².